The summed E-state index contributed by atoms with van der Waals surface area (Å²) in [5, 5.41) is 11.3. The van der Waals surface area contributed by atoms with Crippen LogP contribution in [-0.2, 0) is 11.3 Å². The van der Waals surface area contributed by atoms with Crippen LogP contribution < -0.4 is 0 Å². The Balaban J connectivity index is 0.00000196. The van der Waals surface area contributed by atoms with Gasteiger partial charge in [0.25, 0.3) is 0 Å². The largest absolute Gasteiger partial charge is 0.494 e. The molecule has 0 unspecified atom stereocenters. The van der Waals surface area contributed by atoms with Crippen molar-refractivity contribution in [3.05, 3.63) is 45.0 Å². The fourth-order valence-corrected chi connectivity index (χ4v) is 3.80. The first kappa shape index (κ1) is 19.6. The molecular formula is C18H18Br2ClN3O2. The van der Waals surface area contributed by atoms with Crippen molar-refractivity contribution < 1.29 is 9.84 Å². The molecule has 1 saturated heterocycles. The van der Waals surface area contributed by atoms with E-state index in [9.17, 15) is 5.11 Å². The standard InChI is InChI=1S/C18H17Br2N3O2.ClH/c19-13-7-12-16(8-14(13)20)22-18(24)17(12)15-2-1-11(9-21-15)10-23-3-5-25-6-4-23;/h1-2,7-9,22,24H,3-6,10H2;1H. The second-order valence-corrected chi connectivity index (χ2v) is 7.81. The Morgan fingerprint density at radius 3 is 2.58 bits per heavy atom. The quantitative estimate of drug-likeness (QED) is 0.543. The number of halogens is 3. The minimum atomic E-state index is 0. The molecule has 0 aliphatic carbocycles. The van der Waals surface area contributed by atoms with E-state index in [-0.39, 0.29) is 18.3 Å². The molecule has 26 heavy (non-hydrogen) atoms. The van der Waals surface area contributed by atoms with Gasteiger partial charge in [0.05, 0.1) is 30.0 Å². The molecule has 1 aliphatic rings. The minimum absolute atomic E-state index is 0. The van der Waals surface area contributed by atoms with Crippen molar-refractivity contribution in [3.63, 3.8) is 0 Å². The fourth-order valence-electron chi connectivity index (χ4n) is 3.12. The lowest BCUT2D eigenvalue weighted by Gasteiger charge is -2.26. The number of morpholine rings is 1. The molecule has 2 aromatic heterocycles. The molecule has 1 aromatic carbocycles. The summed E-state index contributed by atoms with van der Waals surface area (Å²) in [7, 11) is 0. The number of nitrogens with one attached hydrogen (secondary N) is 1. The fraction of sp³-hybridized carbons (Fsp3) is 0.278. The number of ether oxygens (including phenoxy) is 1. The van der Waals surface area contributed by atoms with Gasteiger partial charge in [-0.3, -0.25) is 9.88 Å². The van der Waals surface area contributed by atoms with Crippen LogP contribution in [0.5, 0.6) is 5.88 Å². The number of hydrogen-bond donors (Lipinski definition) is 2. The smallest absolute Gasteiger partial charge is 0.199 e. The summed E-state index contributed by atoms with van der Waals surface area (Å²) in [5.41, 5.74) is 3.50. The number of fused-ring (bicyclic) bond motifs is 1. The molecule has 0 amide bonds. The van der Waals surface area contributed by atoms with Gasteiger partial charge in [-0.2, -0.15) is 0 Å². The summed E-state index contributed by atoms with van der Waals surface area (Å²) < 4.78 is 7.25. The number of hydrogen-bond acceptors (Lipinski definition) is 4. The van der Waals surface area contributed by atoms with Crippen LogP contribution in [0.25, 0.3) is 22.2 Å². The van der Waals surface area contributed by atoms with E-state index in [4.69, 9.17) is 4.74 Å². The van der Waals surface area contributed by atoms with Crippen molar-refractivity contribution in [2.75, 3.05) is 26.3 Å². The van der Waals surface area contributed by atoms with Crippen molar-refractivity contribution >= 4 is 55.2 Å². The molecule has 1 aliphatic heterocycles. The number of H-pyrrole nitrogens is 1. The van der Waals surface area contributed by atoms with Crippen LogP contribution in [0.2, 0.25) is 0 Å². The molecule has 5 nitrogen and oxygen atoms in total. The third-order valence-corrected chi connectivity index (χ3v) is 6.25. The van der Waals surface area contributed by atoms with E-state index in [1.807, 2.05) is 24.4 Å². The van der Waals surface area contributed by atoms with Crippen LogP contribution >= 0.6 is 44.3 Å². The third kappa shape index (κ3) is 3.92. The topological polar surface area (TPSA) is 61.4 Å². The lowest BCUT2D eigenvalue weighted by molar-refractivity contribution is 0.0341. The number of aromatic nitrogens is 2. The molecule has 0 radical (unpaired) electrons. The third-order valence-electron chi connectivity index (χ3n) is 4.41. The van der Waals surface area contributed by atoms with Gasteiger partial charge in [0, 0.05) is 40.2 Å². The molecule has 3 heterocycles. The van der Waals surface area contributed by atoms with Crippen molar-refractivity contribution in [2.45, 2.75) is 6.54 Å². The number of rotatable bonds is 3. The number of aromatic amines is 1. The van der Waals surface area contributed by atoms with Gasteiger partial charge in [-0.15, -0.1) is 12.4 Å². The number of nitrogens with zero attached hydrogens (tertiary/aromatic N) is 2. The van der Waals surface area contributed by atoms with Crippen LogP contribution in [0.15, 0.2) is 39.4 Å². The molecule has 0 spiro atoms. The zero-order valence-corrected chi connectivity index (χ0v) is 17.8. The molecular weight excluding hydrogens is 485 g/mol. The first-order valence-corrected chi connectivity index (χ1v) is 9.65. The second kappa shape index (κ2) is 8.27. The second-order valence-electron chi connectivity index (χ2n) is 6.10. The number of pyridine rings is 1. The van der Waals surface area contributed by atoms with Gasteiger partial charge >= 0.3 is 0 Å². The van der Waals surface area contributed by atoms with Gasteiger partial charge in [-0.25, -0.2) is 0 Å². The van der Waals surface area contributed by atoms with Crippen LogP contribution in [0.4, 0.5) is 0 Å². The molecule has 1 fully saturated rings. The van der Waals surface area contributed by atoms with E-state index >= 15 is 0 Å². The highest BCUT2D eigenvalue weighted by Crippen LogP contribution is 2.39. The van der Waals surface area contributed by atoms with E-state index in [0.29, 0.717) is 0 Å². The summed E-state index contributed by atoms with van der Waals surface area (Å²) in [6.07, 6.45) is 1.89. The van der Waals surface area contributed by atoms with Crippen LogP contribution in [0.3, 0.4) is 0 Å². The van der Waals surface area contributed by atoms with E-state index in [1.54, 1.807) is 0 Å². The van der Waals surface area contributed by atoms with Gasteiger partial charge in [0.1, 0.15) is 0 Å². The van der Waals surface area contributed by atoms with Crippen LogP contribution in [0, 0.1) is 0 Å². The molecule has 0 bridgehead atoms. The highest BCUT2D eigenvalue weighted by molar-refractivity contribution is 9.13. The monoisotopic (exact) mass is 501 g/mol. The maximum Gasteiger partial charge on any atom is 0.199 e. The maximum atomic E-state index is 10.4. The molecule has 4 rings (SSSR count). The first-order chi connectivity index (χ1) is 12.1. The summed E-state index contributed by atoms with van der Waals surface area (Å²) in [4.78, 5) is 9.96. The highest BCUT2D eigenvalue weighted by atomic mass is 79.9. The lowest BCUT2D eigenvalue weighted by atomic mass is 10.1. The highest BCUT2D eigenvalue weighted by Gasteiger charge is 2.16. The predicted molar refractivity (Wildman–Crippen MR) is 112 cm³/mol. The summed E-state index contributed by atoms with van der Waals surface area (Å²) in [6.45, 7) is 4.36. The lowest BCUT2D eigenvalue weighted by Crippen LogP contribution is -2.35. The van der Waals surface area contributed by atoms with E-state index in [1.165, 1.54) is 0 Å². The van der Waals surface area contributed by atoms with E-state index < -0.39 is 0 Å². The molecule has 0 saturated carbocycles. The maximum absolute atomic E-state index is 10.4. The Kier molecular flexibility index (Phi) is 6.25. The summed E-state index contributed by atoms with van der Waals surface area (Å²) in [6, 6.07) is 7.96. The van der Waals surface area contributed by atoms with Gasteiger partial charge in [0.15, 0.2) is 5.88 Å². The average molecular weight is 504 g/mol. The van der Waals surface area contributed by atoms with Gasteiger partial charge in [-0.1, -0.05) is 6.07 Å². The molecule has 2 N–H and O–H groups in total. The Labute approximate surface area is 174 Å². The van der Waals surface area contributed by atoms with E-state index in [2.05, 4.69) is 52.8 Å². The molecule has 3 aromatic rings. The molecule has 138 valence electrons. The van der Waals surface area contributed by atoms with E-state index in [0.717, 1.165) is 69.5 Å². The number of benzene rings is 1. The Morgan fingerprint density at radius 1 is 1.15 bits per heavy atom. The zero-order chi connectivity index (χ0) is 17.4. The first-order valence-electron chi connectivity index (χ1n) is 8.07. The summed E-state index contributed by atoms with van der Waals surface area (Å²) >= 11 is 7.01. The Hall–Kier alpha value is -1.12. The van der Waals surface area contributed by atoms with Crippen molar-refractivity contribution in [1.82, 2.24) is 14.9 Å². The average Bonchev–Trinajstić information content (AvgIpc) is 2.92. The van der Waals surface area contributed by atoms with Crippen molar-refractivity contribution in [3.8, 4) is 17.1 Å². The van der Waals surface area contributed by atoms with Crippen molar-refractivity contribution in [1.29, 1.82) is 0 Å². The van der Waals surface area contributed by atoms with Crippen molar-refractivity contribution in [2.24, 2.45) is 0 Å². The van der Waals surface area contributed by atoms with Gasteiger partial charge < -0.3 is 14.8 Å². The van der Waals surface area contributed by atoms with Crippen LogP contribution in [0.1, 0.15) is 5.56 Å². The molecule has 8 heteroatoms. The van der Waals surface area contributed by atoms with Gasteiger partial charge in [0.2, 0.25) is 0 Å². The zero-order valence-electron chi connectivity index (χ0n) is 13.8. The van der Waals surface area contributed by atoms with Crippen LogP contribution in [-0.4, -0.2) is 46.3 Å². The SMILES string of the molecule is Cl.Oc1[nH]c2cc(Br)c(Br)cc2c1-c1ccc(CN2CCOCC2)cn1. The molecule has 0 atom stereocenters. The van der Waals surface area contributed by atoms with Gasteiger partial charge in [-0.05, 0) is 55.6 Å². The minimum Gasteiger partial charge on any atom is -0.494 e. The predicted octanol–water partition coefficient (Wildman–Crippen LogP) is 4.71. The Bertz CT molecular complexity index is 909. The number of aromatic hydroxyl groups is 1. The normalized spacial score (nSPS) is 15.2. The summed E-state index contributed by atoms with van der Waals surface area (Å²) in [5.74, 6) is 0.133. The Morgan fingerprint density at radius 2 is 1.88 bits per heavy atom.